The first-order valence-corrected chi connectivity index (χ1v) is 18.6. The number of rotatable bonds is 8. The maximum Gasteiger partial charge on any atom is 0.311 e. The number of aliphatic hydroxyl groups is 1. The van der Waals surface area contributed by atoms with Crippen molar-refractivity contribution in [1.29, 1.82) is 0 Å². The number of cyclic esters (lactones) is 1. The fraction of sp³-hybridized carbons (Fsp3) is 0.895. The third-order valence-corrected chi connectivity index (χ3v) is 11.8. The van der Waals surface area contributed by atoms with Crippen molar-refractivity contribution in [2.45, 2.75) is 175 Å². The van der Waals surface area contributed by atoms with Crippen LogP contribution in [0, 0.1) is 23.7 Å². The molecule has 282 valence electrons. The van der Waals surface area contributed by atoms with E-state index in [2.05, 4.69) is 11.8 Å². The lowest BCUT2D eigenvalue weighted by Gasteiger charge is -2.48. The summed E-state index contributed by atoms with van der Waals surface area (Å²) in [6.45, 7) is 22.2. The summed E-state index contributed by atoms with van der Waals surface area (Å²) >= 11 is 0. The number of allylic oxidation sites excluding steroid dienone is 1. The molecule has 4 heterocycles. The minimum Gasteiger partial charge on any atom is -0.488 e. The first-order valence-electron chi connectivity index (χ1n) is 18.6. The third kappa shape index (κ3) is 8.56. The SMILES string of the molecule is CC[C@H]1OC(=O)[C@H](C)[C@@H](O[C@H]2C[C@@](C)(OC)C[C@H](C)O2)[C@H](C)[C@@H](O[C@@H]2O[C@H](C)C[C@H](N(C)CC)[C@H]2O)[C@@]2(C)CC(C)=C(O2)[C@H](C)C(=O)[C@H]1C. The predicted molar refractivity (Wildman–Crippen MR) is 184 cm³/mol. The van der Waals surface area contributed by atoms with E-state index in [1.807, 2.05) is 69.4 Å². The lowest BCUT2D eigenvalue weighted by Crippen LogP contribution is -2.59. The highest BCUT2D eigenvalue weighted by Crippen LogP contribution is 2.46. The van der Waals surface area contributed by atoms with Crippen molar-refractivity contribution in [2.24, 2.45) is 23.7 Å². The van der Waals surface area contributed by atoms with Crippen LogP contribution in [0.1, 0.15) is 108 Å². The molecule has 0 aromatic rings. The number of carbonyl (C=O) groups is 2. The van der Waals surface area contributed by atoms with Gasteiger partial charge >= 0.3 is 5.97 Å². The molecule has 49 heavy (non-hydrogen) atoms. The maximum absolute atomic E-state index is 14.1. The van der Waals surface area contributed by atoms with E-state index < -0.39 is 77.8 Å². The summed E-state index contributed by atoms with van der Waals surface area (Å²) in [5.74, 6) is -2.22. The number of likely N-dealkylation sites (N-methyl/N-ethyl adjacent to an activating group) is 1. The number of carbonyl (C=O) groups excluding carboxylic acids is 2. The Balaban J connectivity index is 1.81. The summed E-state index contributed by atoms with van der Waals surface area (Å²) in [7, 11) is 3.68. The molecule has 1 N–H and O–H groups in total. The van der Waals surface area contributed by atoms with Crippen LogP contribution >= 0.6 is 0 Å². The normalized spacial score (nSPS) is 45.7. The predicted octanol–water partition coefficient (Wildman–Crippen LogP) is 5.40. The van der Waals surface area contributed by atoms with Gasteiger partial charge in [-0.15, -0.1) is 0 Å². The van der Waals surface area contributed by atoms with Gasteiger partial charge in [0.25, 0.3) is 0 Å². The van der Waals surface area contributed by atoms with Gasteiger partial charge in [-0.2, -0.15) is 0 Å². The van der Waals surface area contributed by atoms with Crippen LogP contribution in [0.15, 0.2) is 11.3 Å². The fourth-order valence-electron chi connectivity index (χ4n) is 8.71. The quantitative estimate of drug-likeness (QED) is 0.329. The van der Waals surface area contributed by atoms with Crippen molar-refractivity contribution in [2.75, 3.05) is 20.7 Å². The molecule has 0 unspecified atom stereocenters. The number of ketones is 1. The number of hydrogen-bond acceptors (Lipinski definition) is 11. The number of fused-ring (bicyclic) bond motifs is 2. The monoisotopic (exact) mass is 695 g/mol. The highest BCUT2D eigenvalue weighted by Gasteiger charge is 2.54. The minimum atomic E-state index is -0.974. The van der Waals surface area contributed by atoms with Gasteiger partial charge < -0.3 is 43.2 Å². The molecular formula is C38H65NO10. The molecule has 11 nitrogen and oxygen atoms in total. The van der Waals surface area contributed by atoms with Gasteiger partial charge in [0.1, 0.15) is 35.5 Å². The lowest BCUT2D eigenvalue weighted by atomic mass is 9.79. The van der Waals surface area contributed by atoms with Gasteiger partial charge in [0, 0.05) is 38.3 Å². The topological polar surface area (TPSA) is 122 Å². The summed E-state index contributed by atoms with van der Waals surface area (Å²) in [4.78, 5) is 30.1. The van der Waals surface area contributed by atoms with Gasteiger partial charge in [0.15, 0.2) is 12.6 Å². The smallest absolute Gasteiger partial charge is 0.311 e. The second-order valence-electron chi connectivity index (χ2n) is 16.0. The van der Waals surface area contributed by atoms with E-state index in [4.69, 9.17) is 33.2 Å². The second-order valence-corrected chi connectivity index (χ2v) is 16.0. The molecule has 2 bridgehead atoms. The van der Waals surface area contributed by atoms with Gasteiger partial charge in [-0.05, 0) is 80.5 Å². The molecule has 11 heteroatoms. The van der Waals surface area contributed by atoms with E-state index in [-0.39, 0.29) is 24.0 Å². The number of methoxy groups -OCH3 is 1. The van der Waals surface area contributed by atoms with E-state index in [1.165, 1.54) is 0 Å². The molecule has 3 fully saturated rings. The Morgan fingerprint density at radius 2 is 1.63 bits per heavy atom. The molecule has 0 spiro atoms. The van der Waals surface area contributed by atoms with Crippen LogP contribution in [-0.2, 0) is 42.7 Å². The summed E-state index contributed by atoms with van der Waals surface area (Å²) in [6.07, 6.45) is -2.17. The van der Waals surface area contributed by atoms with Crippen LogP contribution in [0.5, 0.6) is 0 Å². The molecule has 0 aromatic heterocycles. The molecule has 15 atom stereocenters. The van der Waals surface area contributed by atoms with Crippen molar-refractivity contribution in [3.63, 3.8) is 0 Å². The molecule has 0 saturated carbocycles. The summed E-state index contributed by atoms with van der Waals surface area (Å²) < 4.78 is 45.4. The number of Topliss-reactive ketones (excluding diaryl/α,β-unsaturated/α-hetero) is 1. The Morgan fingerprint density at radius 1 is 0.959 bits per heavy atom. The summed E-state index contributed by atoms with van der Waals surface area (Å²) in [6, 6.07) is -0.175. The molecule has 0 aromatic carbocycles. The van der Waals surface area contributed by atoms with E-state index in [1.54, 1.807) is 14.0 Å². The first kappa shape index (κ1) is 40.2. The maximum atomic E-state index is 14.1. The van der Waals surface area contributed by atoms with Crippen LogP contribution in [0.25, 0.3) is 0 Å². The fourth-order valence-corrected chi connectivity index (χ4v) is 8.71. The van der Waals surface area contributed by atoms with Gasteiger partial charge in [-0.25, -0.2) is 0 Å². The molecule has 0 aliphatic carbocycles. The molecule has 4 aliphatic rings. The minimum absolute atomic E-state index is 0.0442. The van der Waals surface area contributed by atoms with E-state index in [0.29, 0.717) is 37.9 Å². The zero-order valence-corrected chi connectivity index (χ0v) is 32.3. The number of hydrogen-bond donors (Lipinski definition) is 1. The van der Waals surface area contributed by atoms with E-state index in [9.17, 15) is 14.7 Å². The van der Waals surface area contributed by atoms with Crippen molar-refractivity contribution in [3.05, 3.63) is 11.3 Å². The Morgan fingerprint density at radius 3 is 2.24 bits per heavy atom. The zero-order chi connectivity index (χ0) is 36.6. The number of ether oxygens (including phenoxy) is 7. The molecular weight excluding hydrogens is 630 g/mol. The summed E-state index contributed by atoms with van der Waals surface area (Å²) in [5.41, 5.74) is -0.482. The zero-order valence-electron chi connectivity index (χ0n) is 32.3. The van der Waals surface area contributed by atoms with Crippen molar-refractivity contribution < 1.29 is 47.9 Å². The van der Waals surface area contributed by atoms with Gasteiger partial charge in [-0.1, -0.05) is 27.7 Å². The van der Waals surface area contributed by atoms with Gasteiger partial charge in [0.05, 0.1) is 41.7 Å². The average molecular weight is 696 g/mol. The van der Waals surface area contributed by atoms with E-state index >= 15 is 0 Å². The molecule has 3 saturated heterocycles. The van der Waals surface area contributed by atoms with Crippen molar-refractivity contribution >= 4 is 11.8 Å². The Hall–Kier alpha value is -1.60. The van der Waals surface area contributed by atoms with E-state index in [0.717, 1.165) is 12.1 Å². The average Bonchev–Trinajstić information content (AvgIpc) is 3.37. The largest absolute Gasteiger partial charge is 0.488 e. The van der Waals surface area contributed by atoms with Crippen LogP contribution < -0.4 is 0 Å². The van der Waals surface area contributed by atoms with Crippen LogP contribution in [0.2, 0.25) is 0 Å². The van der Waals surface area contributed by atoms with Crippen LogP contribution in [0.3, 0.4) is 0 Å². The number of aliphatic hydroxyl groups excluding tert-OH is 1. The standard InChI is InChI=1S/C38H65NO10/c1-14-28-23(6)30(40)24(7)32-20(3)17-38(11,49-32)34(48-36-31(41)27(39(12)15-2)16-21(4)45-36)25(8)33(26(9)35(42)46-28)47-29-19-37(10,43-13)18-22(5)44-29/h21-29,31,33-34,36,41H,14-19H2,1-13H3/t21-,22+,23+,24-,25+,26-,27+,28-,29+,31-,33+,34-,36+,37+,38-/m1/s1. The van der Waals surface area contributed by atoms with Crippen molar-refractivity contribution in [1.82, 2.24) is 4.90 Å². The number of nitrogens with zero attached hydrogens (tertiary/aromatic N) is 1. The Labute approximate surface area is 294 Å². The highest BCUT2D eigenvalue weighted by atomic mass is 16.7. The highest BCUT2D eigenvalue weighted by molar-refractivity contribution is 5.86. The van der Waals surface area contributed by atoms with Gasteiger partial charge in [0.2, 0.25) is 0 Å². The van der Waals surface area contributed by atoms with Crippen LogP contribution in [-0.4, -0.2) is 109 Å². The Kier molecular flexibility index (Phi) is 13.1. The van der Waals surface area contributed by atoms with Gasteiger partial charge in [-0.3, -0.25) is 9.59 Å². The third-order valence-electron chi connectivity index (χ3n) is 11.8. The lowest BCUT2D eigenvalue weighted by molar-refractivity contribution is -0.309. The summed E-state index contributed by atoms with van der Waals surface area (Å²) in [5, 5.41) is 11.7. The first-order chi connectivity index (χ1) is 22.9. The molecule has 0 amide bonds. The van der Waals surface area contributed by atoms with Crippen LogP contribution in [0.4, 0.5) is 0 Å². The Bertz CT molecular complexity index is 1200. The molecule has 4 rings (SSSR count). The van der Waals surface area contributed by atoms with Crippen molar-refractivity contribution in [3.8, 4) is 0 Å². The molecule has 0 radical (unpaired) electrons. The number of esters is 1. The molecule has 4 aliphatic heterocycles. The second kappa shape index (κ2) is 16.0.